The van der Waals surface area contributed by atoms with Gasteiger partial charge in [-0.1, -0.05) is 19.3 Å². The van der Waals surface area contributed by atoms with Crippen molar-refractivity contribution in [1.29, 1.82) is 0 Å². The molecular formula is C15H18N2O5S. The highest BCUT2D eigenvalue weighted by atomic mass is 32.2. The third-order valence-electron chi connectivity index (χ3n) is 4.17. The maximum Gasteiger partial charge on any atom is 0.299 e. The van der Waals surface area contributed by atoms with Gasteiger partial charge in [-0.15, -0.1) is 0 Å². The summed E-state index contributed by atoms with van der Waals surface area (Å²) in [6.45, 7) is 0. The van der Waals surface area contributed by atoms with Crippen LogP contribution in [0.25, 0.3) is 11.0 Å². The van der Waals surface area contributed by atoms with Crippen LogP contribution in [0.2, 0.25) is 0 Å². The molecule has 1 heterocycles. The molecule has 0 unspecified atom stereocenters. The number of nitrogens with zero attached hydrogens (tertiary/aromatic N) is 1. The van der Waals surface area contributed by atoms with Crippen LogP contribution in [0.5, 0.6) is 5.75 Å². The van der Waals surface area contributed by atoms with Crippen molar-refractivity contribution in [3.8, 4) is 5.75 Å². The highest BCUT2D eigenvalue weighted by Crippen LogP contribution is 2.30. The van der Waals surface area contributed by atoms with Gasteiger partial charge in [-0.05, 0) is 31.0 Å². The van der Waals surface area contributed by atoms with Crippen molar-refractivity contribution < 1.29 is 17.9 Å². The number of hydrogen-bond acceptors (Lipinski definition) is 5. The molecule has 7 nitrogen and oxygen atoms in total. The molecule has 1 fully saturated rings. The summed E-state index contributed by atoms with van der Waals surface area (Å²) in [6, 6.07) is 4.24. The highest BCUT2D eigenvalue weighted by Gasteiger charge is 2.29. The summed E-state index contributed by atoms with van der Waals surface area (Å²) in [7, 11) is -3.97. The van der Waals surface area contributed by atoms with Crippen LogP contribution < -0.4 is 14.9 Å². The minimum absolute atomic E-state index is 0.118. The zero-order valence-corrected chi connectivity index (χ0v) is 13.3. The highest BCUT2D eigenvalue weighted by molar-refractivity contribution is 7.90. The molecule has 0 saturated heterocycles. The fraction of sp³-hybridized carbons (Fsp3) is 0.400. The normalized spacial score (nSPS) is 16.6. The van der Waals surface area contributed by atoms with Gasteiger partial charge in [-0.3, -0.25) is 9.10 Å². The molecule has 3 rings (SSSR count). The van der Waals surface area contributed by atoms with Gasteiger partial charge in [0.25, 0.3) is 10.2 Å². The predicted octanol–water partition coefficient (Wildman–Crippen LogP) is 1.84. The number of rotatable bonds is 3. The summed E-state index contributed by atoms with van der Waals surface area (Å²) in [5, 5.41) is 15.0. The summed E-state index contributed by atoms with van der Waals surface area (Å²) in [4.78, 5) is 12.0. The van der Waals surface area contributed by atoms with Gasteiger partial charge < -0.3 is 9.52 Å². The Morgan fingerprint density at radius 3 is 2.57 bits per heavy atom. The van der Waals surface area contributed by atoms with Gasteiger partial charge in [0.1, 0.15) is 11.8 Å². The Balaban J connectivity index is 2.14. The van der Waals surface area contributed by atoms with Gasteiger partial charge in [-0.2, -0.15) is 8.42 Å². The predicted molar refractivity (Wildman–Crippen MR) is 86.6 cm³/mol. The summed E-state index contributed by atoms with van der Waals surface area (Å²) < 4.78 is 30.5. The summed E-state index contributed by atoms with van der Waals surface area (Å²) in [5.74, 6) is -0.519. The molecule has 1 aromatic carbocycles. The van der Waals surface area contributed by atoms with Gasteiger partial charge in [0, 0.05) is 6.04 Å². The second kappa shape index (κ2) is 5.86. The molecule has 8 heteroatoms. The van der Waals surface area contributed by atoms with Crippen LogP contribution in [-0.4, -0.2) is 19.6 Å². The summed E-state index contributed by atoms with van der Waals surface area (Å²) in [6.07, 6.45) is 5.36. The Labute approximate surface area is 133 Å². The quantitative estimate of drug-likeness (QED) is 0.886. The lowest BCUT2D eigenvalue weighted by Gasteiger charge is -2.33. The molecule has 0 aliphatic heterocycles. The lowest BCUT2D eigenvalue weighted by molar-refractivity contribution is 0.438. The Morgan fingerprint density at radius 2 is 1.91 bits per heavy atom. The first kappa shape index (κ1) is 15.8. The number of aromatic hydroxyl groups is 1. The van der Waals surface area contributed by atoms with Crippen molar-refractivity contribution in [3.05, 3.63) is 34.7 Å². The largest absolute Gasteiger partial charge is 0.502 e. The molecule has 2 aromatic rings. The Bertz CT molecular complexity index is 884. The molecule has 124 valence electrons. The fourth-order valence-electron chi connectivity index (χ4n) is 3.13. The van der Waals surface area contributed by atoms with Gasteiger partial charge in [0.2, 0.25) is 5.43 Å². The zero-order valence-electron chi connectivity index (χ0n) is 12.4. The van der Waals surface area contributed by atoms with E-state index in [9.17, 15) is 18.3 Å². The molecule has 0 atom stereocenters. The SMILES string of the molecule is NS(=O)(=O)N(c1ccc2occ(O)c(=O)c2c1)C1CCCCC1. The Hall–Kier alpha value is -2.06. The van der Waals surface area contributed by atoms with Crippen molar-refractivity contribution in [1.82, 2.24) is 0 Å². The number of anilines is 1. The van der Waals surface area contributed by atoms with E-state index >= 15 is 0 Å². The first-order valence-electron chi connectivity index (χ1n) is 7.44. The van der Waals surface area contributed by atoms with E-state index in [1.807, 2.05) is 0 Å². The minimum Gasteiger partial charge on any atom is -0.502 e. The van der Waals surface area contributed by atoms with E-state index in [4.69, 9.17) is 9.56 Å². The molecule has 1 aromatic heterocycles. The molecule has 0 radical (unpaired) electrons. The van der Waals surface area contributed by atoms with E-state index < -0.39 is 21.4 Å². The van der Waals surface area contributed by atoms with Crippen molar-refractivity contribution >= 4 is 26.9 Å². The second-order valence-electron chi connectivity index (χ2n) is 5.76. The van der Waals surface area contributed by atoms with E-state index in [1.54, 1.807) is 6.07 Å². The molecule has 0 bridgehead atoms. The summed E-state index contributed by atoms with van der Waals surface area (Å²) in [5.41, 5.74) is -0.0227. The van der Waals surface area contributed by atoms with Gasteiger partial charge in [0.15, 0.2) is 5.75 Å². The van der Waals surface area contributed by atoms with E-state index in [0.717, 1.165) is 38.4 Å². The van der Waals surface area contributed by atoms with E-state index in [2.05, 4.69) is 0 Å². The van der Waals surface area contributed by atoms with Crippen molar-refractivity contribution in [2.75, 3.05) is 4.31 Å². The molecule has 1 saturated carbocycles. The van der Waals surface area contributed by atoms with Crippen LogP contribution >= 0.6 is 0 Å². The average Bonchev–Trinajstić information content (AvgIpc) is 2.51. The first-order chi connectivity index (χ1) is 10.9. The average molecular weight is 338 g/mol. The third-order valence-corrected chi connectivity index (χ3v) is 5.23. The van der Waals surface area contributed by atoms with Crippen LogP contribution in [0.4, 0.5) is 5.69 Å². The molecule has 3 N–H and O–H groups in total. The first-order valence-corrected chi connectivity index (χ1v) is 8.95. The molecular weight excluding hydrogens is 320 g/mol. The number of hydrogen-bond donors (Lipinski definition) is 2. The van der Waals surface area contributed by atoms with Crippen molar-refractivity contribution in [2.24, 2.45) is 5.14 Å². The second-order valence-corrected chi connectivity index (χ2v) is 7.19. The van der Waals surface area contributed by atoms with Gasteiger partial charge >= 0.3 is 0 Å². The molecule has 1 aliphatic rings. The van der Waals surface area contributed by atoms with Gasteiger partial charge in [0.05, 0.1) is 11.1 Å². The standard InChI is InChI=1S/C15H18N2O5S/c16-23(20,21)17(10-4-2-1-3-5-10)11-6-7-14-12(8-11)15(19)13(18)9-22-14/h6-10,18H,1-5H2,(H2,16,20,21). The molecule has 0 spiro atoms. The zero-order chi connectivity index (χ0) is 16.6. The number of fused-ring (bicyclic) bond motifs is 1. The monoisotopic (exact) mass is 338 g/mol. The topological polar surface area (TPSA) is 114 Å². The number of benzene rings is 1. The van der Waals surface area contributed by atoms with Crippen molar-refractivity contribution in [3.63, 3.8) is 0 Å². The van der Waals surface area contributed by atoms with Crippen LogP contribution in [0.15, 0.2) is 33.7 Å². The van der Waals surface area contributed by atoms with Crippen LogP contribution in [0.1, 0.15) is 32.1 Å². The van der Waals surface area contributed by atoms with Gasteiger partial charge in [-0.25, -0.2) is 5.14 Å². The smallest absolute Gasteiger partial charge is 0.299 e. The maximum atomic E-state index is 12.1. The van der Waals surface area contributed by atoms with Crippen LogP contribution in [0, 0.1) is 0 Å². The van der Waals surface area contributed by atoms with E-state index in [1.165, 1.54) is 16.4 Å². The lowest BCUT2D eigenvalue weighted by atomic mass is 9.95. The fourth-order valence-corrected chi connectivity index (χ4v) is 4.16. The van der Waals surface area contributed by atoms with Crippen LogP contribution in [0.3, 0.4) is 0 Å². The van der Waals surface area contributed by atoms with E-state index in [-0.39, 0.29) is 17.0 Å². The third kappa shape index (κ3) is 3.04. The Morgan fingerprint density at radius 1 is 1.22 bits per heavy atom. The van der Waals surface area contributed by atoms with Crippen molar-refractivity contribution in [2.45, 2.75) is 38.1 Å². The lowest BCUT2D eigenvalue weighted by Crippen LogP contribution is -2.45. The molecule has 1 aliphatic carbocycles. The number of nitrogens with two attached hydrogens (primary N) is 1. The summed E-state index contributed by atoms with van der Waals surface area (Å²) >= 11 is 0. The minimum atomic E-state index is -3.97. The Kier molecular flexibility index (Phi) is 4.03. The van der Waals surface area contributed by atoms with E-state index in [0.29, 0.717) is 5.69 Å². The maximum absolute atomic E-state index is 12.1. The molecule has 23 heavy (non-hydrogen) atoms. The van der Waals surface area contributed by atoms with Crippen LogP contribution in [-0.2, 0) is 10.2 Å². The molecule has 0 amide bonds.